The molecule has 0 unspecified atom stereocenters. The van der Waals surface area contributed by atoms with E-state index in [0.29, 0.717) is 0 Å². The Kier molecular flexibility index (Phi) is 4.52. The number of rotatable bonds is 4. The van der Waals surface area contributed by atoms with E-state index in [1.54, 1.807) is 4.68 Å². The van der Waals surface area contributed by atoms with Crippen molar-refractivity contribution < 1.29 is 0 Å². The molecule has 0 spiro atoms. The molecule has 0 radical (unpaired) electrons. The number of nitrogens with zero attached hydrogens (tertiary/aromatic N) is 3. The van der Waals surface area contributed by atoms with Gasteiger partial charge in [-0.2, -0.15) is 0 Å². The van der Waals surface area contributed by atoms with Gasteiger partial charge in [-0.3, -0.25) is 0 Å². The van der Waals surface area contributed by atoms with E-state index in [0.717, 1.165) is 28.9 Å². The summed E-state index contributed by atoms with van der Waals surface area (Å²) in [4.78, 5) is 0. The summed E-state index contributed by atoms with van der Waals surface area (Å²) in [6.45, 7) is 3.75. The number of hydrogen-bond donors (Lipinski definition) is 1. The summed E-state index contributed by atoms with van der Waals surface area (Å²) in [5, 5.41) is 11.5. The van der Waals surface area contributed by atoms with Crippen molar-refractivity contribution in [3.63, 3.8) is 0 Å². The van der Waals surface area contributed by atoms with Crippen molar-refractivity contribution in [1.29, 1.82) is 0 Å². The van der Waals surface area contributed by atoms with Crippen LogP contribution in [0.1, 0.15) is 12.6 Å². The molecular formula is C11H12BrIN4. The average molecular weight is 407 g/mol. The minimum absolute atomic E-state index is 0.752. The van der Waals surface area contributed by atoms with E-state index in [4.69, 9.17) is 0 Å². The first-order valence-corrected chi connectivity index (χ1v) is 7.15. The maximum absolute atomic E-state index is 4.12. The standard InChI is InChI=1S/C11H12BrIN4/c1-2-14-6-8-7-17(16-15-8)9-3-4-11(13)10(12)5-9/h3-5,7,14H,2,6H2,1H3. The summed E-state index contributed by atoms with van der Waals surface area (Å²) in [5.74, 6) is 0. The summed E-state index contributed by atoms with van der Waals surface area (Å²) in [5.41, 5.74) is 1.95. The van der Waals surface area contributed by atoms with Gasteiger partial charge >= 0.3 is 0 Å². The van der Waals surface area contributed by atoms with Crippen molar-refractivity contribution in [3.8, 4) is 5.69 Å². The Morgan fingerprint density at radius 3 is 3.00 bits per heavy atom. The molecule has 0 aliphatic rings. The van der Waals surface area contributed by atoms with Gasteiger partial charge in [-0.15, -0.1) is 5.10 Å². The average Bonchev–Trinajstić information content (AvgIpc) is 2.79. The summed E-state index contributed by atoms with van der Waals surface area (Å²) < 4.78 is 4.03. The molecule has 0 saturated carbocycles. The Morgan fingerprint density at radius 2 is 2.29 bits per heavy atom. The minimum atomic E-state index is 0.752. The molecule has 0 fully saturated rings. The fourth-order valence-electron chi connectivity index (χ4n) is 1.39. The van der Waals surface area contributed by atoms with Crippen LogP contribution in [0.4, 0.5) is 0 Å². The number of halogens is 2. The molecule has 90 valence electrons. The molecule has 2 rings (SSSR count). The second-order valence-corrected chi connectivity index (χ2v) is 5.55. The van der Waals surface area contributed by atoms with Gasteiger partial charge in [0.05, 0.1) is 17.6 Å². The Labute approximate surface area is 122 Å². The zero-order chi connectivity index (χ0) is 12.3. The predicted molar refractivity (Wildman–Crippen MR) is 79.2 cm³/mol. The van der Waals surface area contributed by atoms with Crippen LogP contribution in [0.2, 0.25) is 0 Å². The maximum Gasteiger partial charge on any atom is 0.0969 e. The first-order valence-electron chi connectivity index (χ1n) is 5.28. The van der Waals surface area contributed by atoms with E-state index in [1.165, 1.54) is 3.57 Å². The van der Waals surface area contributed by atoms with Crippen molar-refractivity contribution in [2.24, 2.45) is 0 Å². The minimum Gasteiger partial charge on any atom is -0.311 e. The third-order valence-corrected chi connectivity index (χ3v) is 4.60. The van der Waals surface area contributed by atoms with Crippen LogP contribution in [0.25, 0.3) is 5.69 Å². The molecule has 1 N–H and O–H groups in total. The molecule has 2 aromatic rings. The van der Waals surface area contributed by atoms with Crippen LogP contribution in [0.3, 0.4) is 0 Å². The molecule has 1 heterocycles. The van der Waals surface area contributed by atoms with E-state index >= 15 is 0 Å². The van der Waals surface area contributed by atoms with Gasteiger partial charge in [-0.05, 0) is 63.3 Å². The summed E-state index contributed by atoms with van der Waals surface area (Å²) in [7, 11) is 0. The molecule has 0 aliphatic heterocycles. The molecule has 6 heteroatoms. The predicted octanol–water partition coefficient (Wildman–Crippen LogP) is 2.74. The van der Waals surface area contributed by atoms with Crippen molar-refractivity contribution in [3.05, 3.63) is 38.1 Å². The number of hydrogen-bond acceptors (Lipinski definition) is 3. The van der Waals surface area contributed by atoms with Crippen molar-refractivity contribution in [1.82, 2.24) is 20.3 Å². The Bertz CT molecular complexity index is 512. The molecule has 0 bridgehead atoms. The van der Waals surface area contributed by atoms with Gasteiger partial charge < -0.3 is 5.32 Å². The summed E-state index contributed by atoms with van der Waals surface area (Å²) in [6.07, 6.45) is 1.94. The Balaban J connectivity index is 2.21. The lowest BCUT2D eigenvalue weighted by molar-refractivity contribution is 0.705. The molecule has 4 nitrogen and oxygen atoms in total. The molecular weight excluding hydrogens is 395 g/mol. The topological polar surface area (TPSA) is 42.7 Å². The number of aromatic nitrogens is 3. The molecule has 1 aromatic carbocycles. The fraction of sp³-hybridized carbons (Fsp3) is 0.273. The first-order chi connectivity index (χ1) is 8.20. The highest BCUT2D eigenvalue weighted by atomic mass is 127. The highest BCUT2D eigenvalue weighted by Crippen LogP contribution is 2.21. The molecule has 1 aromatic heterocycles. The maximum atomic E-state index is 4.12. The molecule has 0 saturated heterocycles. The molecule has 0 atom stereocenters. The van der Waals surface area contributed by atoms with E-state index in [1.807, 2.05) is 24.4 Å². The van der Waals surface area contributed by atoms with Crippen molar-refractivity contribution >= 4 is 38.5 Å². The van der Waals surface area contributed by atoms with Crippen molar-refractivity contribution in [2.75, 3.05) is 6.54 Å². The zero-order valence-electron chi connectivity index (χ0n) is 9.32. The van der Waals surface area contributed by atoms with E-state index in [-0.39, 0.29) is 0 Å². The van der Waals surface area contributed by atoms with E-state index in [9.17, 15) is 0 Å². The van der Waals surface area contributed by atoms with Gasteiger partial charge in [0, 0.05) is 14.6 Å². The second kappa shape index (κ2) is 5.92. The molecule has 0 amide bonds. The largest absolute Gasteiger partial charge is 0.311 e. The van der Waals surface area contributed by atoms with Crippen LogP contribution in [0, 0.1) is 3.57 Å². The number of nitrogens with one attached hydrogen (secondary N) is 1. The van der Waals surface area contributed by atoms with Crippen LogP contribution in [0.15, 0.2) is 28.9 Å². The van der Waals surface area contributed by atoms with Crippen LogP contribution in [-0.4, -0.2) is 21.5 Å². The second-order valence-electron chi connectivity index (χ2n) is 3.53. The SMILES string of the molecule is CCNCc1cn(-c2ccc(I)c(Br)c2)nn1. The van der Waals surface area contributed by atoms with E-state index in [2.05, 4.69) is 61.1 Å². The monoisotopic (exact) mass is 406 g/mol. The van der Waals surface area contributed by atoms with Crippen LogP contribution in [-0.2, 0) is 6.54 Å². The van der Waals surface area contributed by atoms with Gasteiger partial charge in [0.25, 0.3) is 0 Å². The normalized spacial score (nSPS) is 10.8. The molecule has 17 heavy (non-hydrogen) atoms. The third-order valence-electron chi connectivity index (χ3n) is 2.26. The quantitative estimate of drug-likeness (QED) is 0.794. The zero-order valence-corrected chi connectivity index (χ0v) is 13.1. The highest BCUT2D eigenvalue weighted by Gasteiger charge is 2.04. The van der Waals surface area contributed by atoms with Crippen LogP contribution in [0.5, 0.6) is 0 Å². The van der Waals surface area contributed by atoms with Crippen molar-refractivity contribution in [2.45, 2.75) is 13.5 Å². The Hall–Kier alpha value is -0.470. The summed E-state index contributed by atoms with van der Waals surface area (Å²) >= 11 is 5.79. The lowest BCUT2D eigenvalue weighted by atomic mass is 10.3. The molecule has 0 aliphatic carbocycles. The lowest BCUT2D eigenvalue weighted by Gasteiger charge is -2.02. The van der Waals surface area contributed by atoms with Gasteiger partial charge in [-0.1, -0.05) is 12.1 Å². The third kappa shape index (κ3) is 3.26. The highest BCUT2D eigenvalue weighted by molar-refractivity contribution is 14.1. The van der Waals surface area contributed by atoms with Crippen LogP contribution < -0.4 is 5.32 Å². The van der Waals surface area contributed by atoms with E-state index < -0.39 is 0 Å². The summed E-state index contributed by atoms with van der Waals surface area (Å²) in [6, 6.07) is 6.11. The smallest absolute Gasteiger partial charge is 0.0969 e. The van der Waals surface area contributed by atoms with Gasteiger partial charge in [0.1, 0.15) is 0 Å². The Morgan fingerprint density at radius 1 is 1.47 bits per heavy atom. The fourth-order valence-corrected chi connectivity index (χ4v) is 2.09. The number of benzene rings is 1. The van der Waals surface area contributed by atoms with Gasteiger partial charge in [0.15, 0.2) is 0 Å². The lowest BCUT2D eigenvalue weighted by Crippen LogP contribution is -2.11. The van der Waals surface area contributed by atoms with Gasteiger partial charge in [0.2, 0.25) is 0 Å². The first kappa shape index (κ1) is 13.0. The van der Waals surface area contributed by atoms with Crippen LogP contribution >= 0.6 is 38.5 Å². The van der Waals surface area contributed by atoms with Gasteiger partial charge in [-0.25, -0.2) is 4.68 Å².